The van der Waals surface area contributed by atoms with E-state index in [-0.39, 0.29) is 0 Å². The number of fused-ring (bicyclic) bond motifs is 1. The topological polar surface area (TPSA) is 12.0 Å². The van der Waals surface area contributed by atoms with Crippen LogP contribution < -0.4 is 5.32 Å². The molecular formula is C19H25N. The largest absolute Gasteiger partial charge is 0.316 e. The van der Waals surface area contributed by atoms with Crippen molar-refractivity contribution in [2.24, 2.45) is 11.8 Å². The van der Waals surface area contributed by atoms with Crippen molar-refractivity contribution in [1.29, 1.82) is 0 Å². The fourth-order valence-electron chi connectivity index (χ4n) is 3.35. The molecule has 106 valence electrons. The van der Waals surface area contributed by atoms with Gasteiger partial charge in [0, 0.05) is 0 Å². The van der Waals surface area contributed by atoms with E-state index in [0.29, 0.717) is 0 Å². The van der Waals surface area contributed by atoms with Crippen molar-refractivity contribution in [3.63, 3.8) is 0 Å². The van der Waals surface area contributed by atoms with Gasteiger partial charge in [-0.3, -0.25) is 0 Å². The van der Waals surface area contributed by atoms with E-state index in [1.54, 1.807) is 5.56 Å². The molecule has 2 unspecified atom stereocenters. The van der Waals surface area contributed by atoms with Gasteiger partial charge in [0.05, 0.1) is 0 Å². The van der Waals surface area contributed by atoms with Crippen molar-refractivity contribution in [2.75, 3.05) is 13.1 Å². The van der Waals surface area contributed by atoms with Crippen LogP contribution in [-0.2, 0) is 0 Å². The zero-order chi connectivity index (χ0) is 13.9. The highest BCUT2D eigenvalue weighted by Gasteiger charge is 2.32. The molecule has 1 aliphatic carbocycles. The van der Waals surface area contributed by atoms with Crippen molar-refractivity contribution >= 4 is 10.8 Å². The van der Waals surface area contributed by atoms with Crippen LogP contribution in [0.5, 0.6) is 0 Å². The minimum absolute atomic E-state index is 0.742. The third kappa shape index (κ3) is 2.73. The Balaban J connectivity index is 1.74. The zero-order valence-corrected chi connectivity index (χ0v) is 12.6. The highest BCUT2D eigenvalue weighted by molar-refractivity contribution is 5.86. The molecule has 1 N–H and O–H groups in total. The molecule has 1 nitrogen and oxygen atoms in total. The second kappa shape index (κ2) is 5.97. The summed E-state index contributed by atoms with van der Waals surface area (Å²) in [6.07, 6.45) is 2.72. The van der Waals surface area contributed by atoms with Crippen molar-refractivity contribution < 1.29 is 0 Å². The van der Waals surface area contributed by atoms with Crippen molar-refractivity contribution in [3.05, 3.63) is 48.0 Å². The maximum Gasteiger partial charge on any atom is -0.00145 e. The second-order valence-electron chi connectivity index (χ2n) is 6.56. The van der Waals surface area contributed by atoms with Crippen LogP contribution >= 0.6 is 0 Å². The van der Waals surface area contributed by atoms with Gasteiger partial charge < -0.3 is 5.32 Å². The fourth-order valence-corrected chi connectivity index (χ4v) is 3.35. The van der Waals surface area contributed by atoms with Crippen LogP contribution in [0.15, 0.2) is 42.5 Å². The monoisotopic (exact) mass is 267 g/mol. The number of nitrogens with one attached hydrogen (secondary N) is 1. The lowest BCUT2D eigenvalue weighted by molar-refractivity contribution is 0.244. The molecule has 0 aliphatic heterocycles. The van der Waals surface area contributed by atoms with Crippen molar-refractivity contribution in [2.45, 2.75) is 32.6 Å². The lowest BCUT2D eigenvalue weighted by atomic mass is 9.69. The third-order valence-corrected chi connectivity index (χ3v) is 4.60. The van der Waals surface area contributed by atoms with Crippen LogP contribution in [0.1, 0.15) is 38.2 Å². The maximum atomic E-state index is 3.63. The molecular weight excluding hydrogens is 242 g/mol. The predicted molar refractivity (Wildman–Crippen MR) is 87.1 cm³/mol. The summed E-state index contributed by atoms with van der Waals surface area (Å²) < 4.78 is 0. The Kier molecular flexibility index (Phi) is 4.07. The van der Waals surface area contributed by atoms with E-state index in [4.69, 9.17) is 0 Å². The zero-order valence-electron chi connectivity index (χ0n) is 12.6. The van der Waals surface area contributed by atoms with Crippen LogP contribution in [-0.4, -0.2) is 13.1 Å². The van der Waals surface area contributed by atoms with E-state index >= 15 is 0 Å². The molecule has 1 heteroatoms. The SMILES string of the molecule is CC(C)CNCC1CCC1c1cccc2ccccc12. The molecule has 0 heterocycles. The molecule has 2 atom stereocenters. The third-order valence-electron chi connectivity index (χ3n) is 4.60. The van der Waals surface area contributed by atoms with E-state index in [9.17, 15) is 0 Å². The van der Waals surface area contributed by atoms with Gasteiger partial charge in [0.1, 0.15) is 0 Å². The van der Waals surface area contributed by atoms with Crippen LogP contribution in [0.2, 0.25) is 0 Å². The van der Waals surface area contributed by atoms with Crippen molar-refractivity contribution in [3.8, 4) is 0 Å². The summed E-state index contributed by atoms with van der Waals surface area (Å²) in [6, 6.07) is 15.6. The Morgan fingerprint density at radius 3 is 2.60 bits per heavy atom. The number of benzene rings is 2. The van der Waals surface area contributed by atoms with Gasteiger partial charge in [-0.2, -0.15) is 0 Å². The smallest absolute Gasteiger partial charge is 0.00145 e. The lowest BCUT2D eigenvalue weighted by Gasteiger charge is -2.38. The van der Waals surface area contributed by atoms with Gasteiger partial charge in [0.2, 0.25) is 0 Å². The Bertz CT molecular complexity index is 567. The lowest BCUT2D eigenvalue weighted by Crippen LogP contribution is -2.35. The van der Waals surface area contributed by atoms with Gasteiger partial charge in [-0.05, 0) is 60.0 Å². The van der Waals surface area contributed by atoms with Gasteiger partial charge in [-0.1, -0.05) is 56.3 Å². The summed E-state index contributed by atoms with van der Waals surface area (Å²) in [4.78, 5) is 0. The van der Waals surface area contributed by atoms with Crippen LogP contribution in [0.3, 0.4) is 0 Å². The summed E-state index contributed by atoms with van der Waals surface area (Å²) in [6.45, 7) is 6.86. The molecule has 0 saturated heterocycles. The summed E-state index contributed by atoms with van der Waals surface area (Å²) in [5.41, 5.74) is 1.56. The first kappa shape index (κ1) is 13.6. The van der Waals surface area contributed by atoms with Crippen LogP contribution in [0.25, 0.3) is 10.8 Å². The summed E-state index contributed by atoms with van der Waals surface area (Å²) in [7, 11) is 0. The van der Waals surface area contributed by atoms with Gasteiger partial charge >= 0.3 is 0 Å². The molecule has 3 rings (SSSR count). The first-order chi connectivity index (χ1) is 9.75. The molecule has 0 aromatic heterocycles. The van der Waals surface area contributed by atoms with E-state index in [1.165, 1.54) is 30.2 Å². The number of hydrogen-bond acceptors (Lipinski definition) is 1. The average Bonchev–Trinajstić information content (AvgIpc) is 2.42. The van der Waals surface area contributed by atoms with E-state index in [1.807, 2.05) is 0 Å². The van der Waals surface area contributed by atoms with E-state index < -0.39 is 0 Å². The highest BCUT2D eigenvalue weighted by atomic mass is 14.9. The molecule has 2 aromatic rings. The Morgan fingerprint density at radius 1 is 1.05 bits per heavy atom. The molecule has 1 aliphatic rings. The summed E-state index contributed by atoms with van der Waals surface area (Å²) >= 11 is 0. The standard InChI is InChI=1S/C19H25N/c1-14(2)12-20-13-16-10-11-18(16)19-9-5-7-15-6-3-4-8-17(15)19/h3-9,14,16,18,20H,10-13H2,1-2H3. The van der Waals surface area contributed by atoms with Crippen LogP contribution in [0, 0.1) is 11.8 Å². The first-order valence-corrected chi connectivity index (χ1v) is 7.94. The van der Waals surface area contributed by atoms with Gasteiger partial charge in [0.25, 0.3) is 0 Å². The van der Waals surface area contributed by atoms with Gasteiger partial charge in [-0.25, -0.2) is 0 Å². The Hall–Kier alpha value is -1.34. The predicted octanol–water partition coefficient (Wildman–Crippen LogP) is 4.58. The average molecular weight is 267 g/mol. The highest BCUT2D eigenvalue weighted by Crippen LogP contribution is 2.44. The second-order valence-corrected chi connectivity index (χ2v) is 6.56. The number of hydrogen-bond donors (Lipinski definition) is 1. The summed E-state index contributed by atoms with van der Waals surface area (Å²) in [5, 5.41) is 6.47. The molecule has 1 fully saturated rings. The summed E-state index contributed by atoms with van der Waals surface area (Å²) in [5.74, 6) is 2.31. The maximum absolute atomic E-state index is 3.63. The molecule has 2 aromatic carbocycles. The van der Waals surface area contributed by atoms with E-state index in [0.717, 1.165) is 24.3 Å². The molecule has 0 bridgehead atoms. The Morgan fingerprint density at radius 2 is 1.85 bits per heavy atom. The van der Waals surface area contributed by atoms with Gasteiger partial charge in [-0.15, -0.1) is 0 Å². The quantitative estimate of drug-likeness (QED) is 0.836. The number of rotatable bonds is 5. The normalized spacial score (nSPS) is 22.1. The molecule has 1 saturated carbocycles. The minimum atomic E-state index is 0.742. The minimum Gasteiger partial charge on any atom is -0.316 e. The molecule has 20 heavy (non-hydrogen) atoms. The van der Waals surface area contributed by atoms with Crippen molar-refractivity contribution in [1.82, 2.24) is 5.32 Å². The Labute approximate surface area is 122 Å². The molecule has 0 spiro atoms. The van der Waals surface area contributed by atoms with Crippen LogP contribution in [0.4, 0.5) is 0 Å². The van der Waals surface area contributed by atoms with Gasteiger partial charge in [0.15, 0.2) is 0 Å². The fraction of sp³-hybridized carbons (Fsp3) is 0.474. The molecule has 0 amide bonds. The first-order valence-electron chi connectivity index (χ1n) is 7.94. The van der Waals surface area contributed by atoms with E-state index in [2.05, 4.69) is 61.6 Å². The molecule has 0 radical (unpaired) electrons.